The molecule has 0 bridgehead atoms. The average Bonchev–Trinajstić information content (AvgIpc) is 2.70. The third kappa shape index (κ3) is 5.35. The van der Waals surface area contributed by atoms with Crippen LogP contribution in [-0.2, 0) is 0 Å². The Morgan fingerprint density at radius 2 is 1.61 bits per heavy atom. The molecule has 0 radical (unpaired) electrons. The number of rotatable bonds is 5. The monoisotopic (exact) mass is 390 g/mol. The van der Waals surface area contributed by atoms with Gasteiger partial charge in [0.15, 0.2) is 5.96 Å². The van der Waals surface area contributed by atoms with Crippen molar-refractivity contribution in [2.75, 3.05) is 70.9 Å². The van der Waals surface area contributed by atoms with Crippen LogP contribution in [0.1, 0.15) is 13.8 Å². The smallest absolute Gasteiger partial charge is 0.191 e. The topological polar surface area (TPSA) is 51.3 Å². The highest BCUT2D eigenvalue weighted by Crippen LogP contribution is 2.17. The Morgan fingerprint density at radius 3 is 2.18 bits per heavy atom. The summed E-state index contributed by atoms with van der Waals surface area (Å²) < 4.78 is 13.1. The lowest BCUT2D eigenvalue weighted by Gasteiger charge is -2.39. The molecule has 156 valence electrons. The highest BCUT2D eigenvalue weighted by atomic mass is 19.1. The van der Waals surface area contributed by atoms with Crippen molar-refractivity contribution >= 4 is 11.6 Å². The van der Waals surface area contributed by atoms with Gasteiger partial charge in [0.1, 0.15) is 5.82 Å². The zero-order chi connectivity index (χ0) is 20.1. The van der Waals surface area contributed by atoms with E-state index in [4.69, 9.17) is 10.7 Å². The molecule has 2 saturated heterocycles. The van der Waals surface area contributed by atoms with Crippen LogP contribution in [0.4, 0.5) is 10.1 Å². The molecule has 0 aliphatic carbocycles. The molecule has 7 heteroatoms. The van der Waals surface area contributed by atoms with Crippen LogP contribution < -0.4 is 10.6 Å². The molecule has 1 aromatic carbocycles. The van der Waals surface area contributed by atoms with Gasteiger partial charge in [-0.1, -0.05) is 13.8 Å². The van der Waals surface area contributed by atoms with Crippen molar-refractivity contribution in [1.29, 1.82) is 0 Å². The molecule has 2 fully saturated rings. The summed E-state index contributed by atoms with van der Waals surface area (Å²) in [6.45, 7) is 13.2. The molecular formula is C21H35FN6. The zero-order valence-electron chi connectivity index (χ0n) is 17.5. The average molecular weight is 391 g/mol. The maximum atomic E-state index is 13.1. The van der Waals surface area contributed by atoms with Gasteiger partial charge in [-0.2, -0.15) is 0 Å². The van der Waals surface area contributed by atoms with Crippen LogP contribution in [0.25, 0.3) is 0 Å². The fourth-order valence-corrected chi connectivity index (χ4v) is 4.03. The summed E-state index contributed by atoms with van der Waals surface area (Å²) in [7, 11) is 2.18. The second kappa shape index (κ2) is 9.56. The van der Waals surface area contributed by atoms with E-state index in [0.717, 1.165) is 64.6 Å². The number of aliphatic imine (C=N–C) groups is 1. The second-order valence-electron chi connectivity index (χ2n) is 8.30. The summed E-state index contributed by atoms with van der Waals surface area (Å²) >= 11 is 0. The fraction of sp³-hybridized carbons (Fsp3) is 0.667. The maximum Gasteiger partial charge on any atom is 0.191 e. The molecule has 6 nitrogen and oxygen atoms in total. The first-order chi connectivity index (χ1) is 13.4. The van der Waals surface area contributed by atoms with E-state index in [9.17, 15) is 4.39 Å². The molecule has 2 aliphatic rings. The van der Waals surface area contributed by atoms with Gasteiger partial charge in [0.2, 0.25) is 0 Å². The number of likely N-dealkylation sites (N-methyl/N-ethyl adjacent to an activating group) is 1. The van der Waals surface area contributed by atoms with E-state index in [1.807, 2.05) is 12.1 Å². The van der Waals surface area contributed by atoms with Crippen LogP contribution in [-0.4, -0.2) is 92.7 Å². The highest BCUT2D eigenvalue weighted by molar-refractivity contribution is 5.78. The van der Waals surface area contributed by atoms with Gasteiger partial charge < -0.3 is 20.4 Å². The van der Waals surface area contributed by atoms with Crippen LogP contribution in [0.3, 0.4) is 0 Å². The first-order valence-corrected chi connectivity index (χ1v) is 10.4. The Kier molecular flexibility index (Phi) is 7.13. The molecule has 0 saturated carbocycles. The molecule has 0 amide bonds. The lowest BCUT2D eigenvalue weighted by atomic mass is 10.0. The summed E-state index contributed by atoms with van der Waals surface area (Å²) in [5, 5.41) is 0. The number of guanidine groups is 1. The summed E-state index contributed by atoms with van der Waals surface area (Å²) in [6.07, 6.45) is 0. The third-order valence-electron chi connectivity index (χ3n) is 6.01. The molecule has 1 aromatic rings. The first-order valence-electron chi connectivity index (χ1n) is 10.4. The number of hydrogen-bond donors (Lipinski definition) is 1. The number of nitrogens with zero attached hydrogens (tertiary/aromatic N) is 5. The molecule has 1 atom stereocenters. The zero-order valence-corrected chi connectivity index (χ0v) is 17.5. The molecule has 0 aromatic heterocycles. The van der Waals surface area contributed by atoms with Gasteiger partial charge in [0.05, 0.1) is 6.54 Å². The van der Waals surface area contributed by atoms with E-state index in [-0.39, 0.29) is 5.82 Å². The first kappa shape index (κ1) is 20.9. The Bertz CT molecular complexity index is 631. The van der Waals surface area contributed by atoms with Crippen molar-refractivity contribution in [2.24, 2.45) is 16.6 Å². The van der Waals surface area contributed by atoms with Crippen LogP contribution in [0.5, 0.6) is 0 Å². The quantitative estimate of drug-likeness (QED) is 0.611. The van der Waals surface area contributed by atoms with Crippen LogP contribution in [0.2, 0.25) is 0 Å². The molecule has 3 rings (SSSR count). The van der Waals surface area contributed by atoms with E-state index >= 15 is 0 Å². The SMILES string of the molecule is CC(C)C(CN=C(N)N1CCN(c2ccc(F)cc2)CC1)N1CCN(C)CC1. The largest absolute Gasteiger partial charge is 0.370 e. The Hall–Kier alpha value is -1.86. The number of benzene rings is 1. The van der Waals surface area contributed by atoms with E-state index < -0.39 is 0 Å². The minimum atomic E-state index is -0.196. The van der Waals surface area contributed by atoms with Crippen molar-refractivity contribution in [3.05, 3.63) is 30.1 Å². The number of nitrogens with two attached hydrogens (primary N) is 1. The van der Waals surface area contributed by atoms with Gasteiger partial charge in [-0.3, -0.25) is 9.89 Å². The minimum Gasteiger partial charge on any atom is -0.370 e. The Balaban J connectivity index is 1.52. The highest BCUT2D eigenvalue weighted by Gasteiger charge is 2.25. The molecule has 2 N–H and O–H groups in total. The van der Waals surface area contributed by atoms with Gasteiger partial charge in [0, 0.05) is 64.1 Å². The van der Waals surface area contributed by atoms with Gasteiger partial charge >= 0.3 is 0 Å². The summed E-state index contributed by atoms with van der Waals surface area (Å²) in [5.74, 6) is 1.01. The Labute approximate surface area is 168 Å². The second-order valence-corrected chi connectivity index (χ2v) is 8.30. The number of piperazine rings is 2. The van der Waals surface area contributed by atoms with Crippen molar-refractivity contribution in [3.8, 4) is 0 Å². The van der Waals surface area contributed by atoms with E-state index in [0.29, 0.717) is 17.9 Å². The minimum absolute atomic E-state index is 0.196. The molecule has 0 spiro atoms. The Morgan fingerprint density at radius 1 is 1.00 bits per heavy atom. The van der Waals surface area contributed by atoms with Gasteiger partial charge in [-0.15, -0.1) is 0 Å². The van der Waals surface area contributed by atoms with E-state index in [1.54, 1.807) is 0 Å². The third-order valence-corrected chi connectivity index (χ3v) is 6.01. The predicted octanol–water partition coefficient (Wildman–Crippen LogP) is 1.53. The molecule has 2 heterocycles. The van der Waals surface area contributed by atoms with Crippen LogP contribution >= 0.6 is 0 Å². The van der Waals surface area contributed by atoms with Crippen molar-refractivity contribution in [3.63, 3.8) is 0 Å². The van der Waals surface area contributed by atoms with Gasteiger partial charge in [-0.25, -0.2) is 4.39 Å². The number of halogens is 1. The molecule has 2 aliphatic heterocycles. The van der Waals surface area contributed by atoms with Crippen LogP contribution in [0.15, 0.2) is 29.3 Å². The number of anilines is 1. The van der Waals surface area contributed by atoms with Gasteiger partial charge in [-0.05, 0) is 37.2 Å². The fourth-order valence-electron chi connectivity index (χ4n) is 4.03. The molecule has 28 heavy (non-hydrogen) atoms. The summed E-state index contributed by atoms with van der Waals surface area (Å²) in [5.41, 5.74) is 7.40. The molecular weight excluding hydrogens is 355 g/mol. The van der Waals surface area contributed by atoms with E-state index in [1.165, 1.54) is 12.1 Å². The van der Waals surface area contributed by atoms with E-state index in [2.05, 4.69) is 40.5 Å². The lowest BCUT2D eigenvalue weighted by molar-refractivity contribution is 0.0924. The maximum absolute atomic E-state index is 13.1. The summed E-state index contributed by atoms with van der Waals surface area (Å²) in [4.78, 5) is 14.2. The van der Waals surface area contributed by atoms with Crippen molar-refractivity contribution in [1.82, 2.24) is 14.7 Å². The van der Waals surface area contributed by atoms with Gasteiger partial charge in [0.25, 0.3) is 0 Å². The predicted molar refractivity (Wildman–Crippen MR) is 114 cm³/mol. The lowest BCUT2D eigenvalue weighted by Crippen LogP contribution is -2.53. The summed E-state index contributed by atoms with van der Waals surface area (Å²) in [6, 6.07) is 7.15. The standard InChI is InChI=1S/C21H35FN6/c1-17(2)20(27-10-8-25(3)9-11-27)16-24-21(23)28-14-12-26(13-15-28)19-6-4-18(22)5-7-19/h4-7,17,20H,8-16H2,1-3H3,(H2,23,24). The normalized spacial score (nSPS) is 21.4. The van der Waals surface area contributed by atoms with Crippen LogP contribution in [0, 0.1) is 11.7 Å². The molecule has 1 unspecified atom stereocenters. The van der Waals surface area contributed by atoms with Crippen molar-refractivity contribution in [2.45, 2.75) is 19.9 Å². The number of hydrogen-bond acceptors (Lipinski definition) is 4. The van der Waals surface area contributed by atoms with Crippen molar-refractivity contribution < 1.29 is 4.39 Å².